The van der Waals surface area contributed by atoms with Gasteiger partial charge in [0.25, 0.3) is 0 Å². The Kier molecular flexibility index (Phi) is 15.7. The molecule has 0 aliphatic carbocycles. The second-order valence-electron chi connectivity index (χ2n) is 39.6. The van der Waals surface area contributed by atoms with Crippen molar-refractivity contribution in [1.29, 1.82) is 0 Å². The summed E-state index contributed by atoms with van der Waals surface area (Å²) >= 11 is 0. The average molecular weight is 1870 g/mol. The normalized spacial score (nSPS) is 12.5. The molecule has 0 spiro atoms. The number of fused-ring (bicyclic) bond motifs is 45. The summed E-state index contributed by atoms with van der Waals surface area (Å²) in [5, 5.41) is 37.7. The number of benzene rings is 21. The predicted octanol–water partition coefficient (Wildman–Crippen LogP) is 34.7. The van der Waals surface area contributed by atoms with Crippen LogP contribution in [0.5, 0.6) is 0 Å². The number of aromatic nitrogens is 12. The molecule has 0 saturated heterocycles. The van der Waals surface area contributed by atoms with Gasteiger partial charge in [-0.25, -0.2) is 9.97 Å². The highest BCUT2D eigenvalue weighted by atomic mass is 15.1. The van der Waals surface area contributed by atoms with Crippen molar-refractivity contribution in [1.82, 2.24) is 55.6 Å². The third kappa shape index (κ3) is 10.5. The van der Waals surface area contributed by atoms with Crippen LogP contribution in [-0.2, 0) is 0 Å². The second-order valence-corrected chi connectivity index (χ2v) is 39.6. The van der Waals surface area contributed by atoms with Crippen LogP contribution in [0.1, 0.15) is 0 Å². The Bertz CT molecular complexity index is 11000. The minimum absolute atomic E-state index is 0.919. The Labute approximate surface area is 835 Å². The molecule has 678 valence electrons. The van der Waals surface area contributed by atoms with Gasteiger partial charge in [0, 0.05) is 186 Å². The molecule has 0 radical (unpaired) electrons. The van der Waals surface area contributed by atoms with E-state index in [4.69, 9.17) is 9.97 Å². The van der Waals surface area contributed by atoms with E-state index in [-0.39, 0.29) is 0 Å². The maximum Gasteiger partial charge on any atom is 0.145 e. The summed E-state index contributed by atoms with van der Waals surface area (Å²) in [6.45, 7) is 0. The summed E-state index contributed by atoms with van der Waals surface area (Å²) in [6.07, 6.45) is 7.85. The van der Waals surface area contributed by atoms with Crippen molar-refractivity contribution in [3.05, 3.63) is 474 Å². The molecule has 0 atom stereocenters. The molecule has 15 aromatic heterocycles. The molecule has 0 unspecified atom stereocenters. The Morgan fingerprint density at radius 3 is 0.884 bits per heavy atom. The van der Waals surface area contributed by atoms with Gasteiger partial charge in [0.1, 0.15) is 11.5 Å². The van der Waals surface area contributed by atoms with Crippen molar-refractivity contribution in [3.63, 3.8) is 0 Å². The Morgan fingerprint density at radius 2 is 0.449 bits per heavy atom. The summed E-state index contributed by atoms with van der Waals surface area (Å²) in [7, 11) is 0. The first kappa shape index (κ1) is 78.8. The predicted molar refractivity (Wildman–Crippen MR) is 615 cm³/mol. The summed E-state index contributed by atoms with van der Waals surface area (Å²) in [5.74, 6) is 0.919. The van der Waals surface area contributed by atoms with Gasteiger partial charge in [-0.3, -0.25) is 14.1 Å². The smallest absolute Gasteiger partial charge is 0.145 e. The largest absolute Gasteiger partial charge is 0.309 e. The topological polar surface area (TPSA) is 81.5 Å². The number of para-hydroxylation sites is 10. The van der Waals surface area contributed by atoms with Crippen molar-refractivity contribution in [2.45, 2.75) is 0 Å². The number of hydrogen-bond acceptors (Lipinski definition) is 3. The third-order valence-electron chi connectivity index (χ3n) is 32.3. The quantitative estimate of drug-likeness (QED) is 0.166. The molecule has 0 amide bonds. The van der Waals surface area contributed by atoms with Gasteiger partial charge >= 0.3 is 0 Å². The van der Waals surface area contributed by atoms with Crippen molar-refractivity contribution in [2.24, 2.45) is 0 Å². The molecule has 36 rings (SSSR count). The Morgan fingerprint density at radius 1 is 0.143 bits per heavy atom. The monoisotopic (exact) mass is 1870 g/mol. The molecule has 0 fully saturated rings. The average Bonchev–Trinajstić information content (AvgIpc) is 1.51. The van der Waals surface area contributed by atoms with E-state index in [1.807, 2.05) is 24.7 Å². The highest BCUT2D eigenvalue weighted by Crippen LogP contribution is 2.54. The maximum absolute atomic E-state index is 5.29. The minimum atomic E-state index is 0.919. The SMILES string of the molecule is c1ccc(-n2c3ccc(-n4c5ccccc5c5cc6c7ccccc7n7c8c9ccccc9ccc8c(c54)c67)cc3c3cccnc32)cc1.c1ccc(-n2c3ccc(-n4c5ccccc5c5cc6c7ccccc7n7c8c9ccccc9ccc8c(c54)c67)cc3c3ccncc32)cc1.c1ccc(-n2c3ccccc3c3cc(-n4c5ccccc5c5cc6c7ccccc7n7c8c9ccccc9ccc8c(c54)c67)ncc32)cc1. The zero-order valence-electron chi connectivity index (χ0n) is 78.9. The fourth-order valence-electron chi connectivity index (χ4n) is 26.5. The lowest BCUT2D eigenvalue weighted by atomic mass is 10.0. The van der Waals surface area contributed by atoms with E-state index in [0.717, 1.165) is 67.4 Å². The van der Waals surface area contributed by atoms with Gasteiger partial charge in [0.2, 0.25) is 0 Å². The van der Waals surface area contributed by atoms with E-state index in [1.54, 1.807) is 0 Å². The standard InChI is InChI=1S/3C45H26N4/c1-2-13-28(14-3-1)47-37-19-9-6-16-30(37)34-25-41(46-26-40(34)47)48-38-20-10-7-17-31(38)35-24-36-32-18-8-11-21-39(32)49-43-29-15-5-4-12-27(29)22-23-33(43)42(44(35)48)45(36)49;1-2-12-28(13-3-1)48-40-23-21-29(25-35(40)33-17-10-24-46-45(33)48)47-38-18-8-6-15-31(38)36-26-37-32-16-7-9-19-39(32)49-42-30-14-5-4-11-27(30)20-22-34(42)41(43(36)47)44(37)49;1-2-11-28(12-3-1)47-40-21-19-29(24-35(40)33-22-23-46-26-41(33)47)48-38-16-8-6-14-31(38)36-25-37-32-15-7-9-17-39(32)49-43-30-13-5-4-10-27(30)18-20-34(43)42(44(36)48)45(37)49/h3*1-26H. The Hall–Kier alpha value is -20.0. The zero-order valence-corrected chi connectivity index (χ0v) is 78.9. The lowest BCUT2D eigenvalue weighted by Crippen LogP contribution is -1.99. The molecule has 0 aliphatic rings. The van der Waals surface area contributed by atoms with Crippen LogP contribution in [0.25, 0.3) is 312 Å². The van der Waals surface area contributed by atoms with Crippen LogP contribution in [0.3, 0.4) is 0 Å². The lowest BCUT2D eigenvalue weighted by molar-refractivity contribution is 1.08. The lowest BCUT2D eigenvalue weighted by Gasteiger charge is -2.11. The van der Waals surface area contributed by atoms with Gasteiger partial charge in [-0.15, -0.1) is 0 Å². The van der Waals surface area contributed by atoms with Crippen molar-refractivity contribution >= 4 is 278 Å². The summed E-state index contributed by atoms with van der Waals surface area (Å²) in [6, 6.07) is 164. The maximum atomic E-state index is 5.29. The number of hydrogen-bond donors (Lipinski definition) is 0. The molecule has 12 heteroatoms. The molecule has 147 heavy (non-hydrogen) atoms. The number of pyridine rings is 3. The first-order chi connectivity index (χ1) is 73.0. The van der Waals surface area contributed by atoms with Gasteiger partial charge in [-0.1, -0.05) is 291 Å². The van der Waals surface area contributed by atoms with Crippen molar-refractivity contribution in [3.8, 4) is 34.3 Å². The van der Waals surface area contributed by atoms with Crippen LogP contribution in [0, 0.1) is 0 Å². The molecule has 21 aromatic carbocycles. The highest BCUT2D eigenvalue weighted by Gasteiger charge is 2.32. The molecule has 0 N–H and O–H groups in total. The van der Waals surface area contributed by atoms with E-state index in [1.165, 1.54) is 244 Å². The van der Waals surface area contributed by atoms with E-state index < -0.39 is 0 Å². The number of rotatable bonds is 6. The van der Waals surface area contributed by atoms with Crippen LogP contribution < -0.4 is 0 Å². The fraction of sp³-hybridized carbons (Fsp3) is 0. The van der Waals surface area contributed by atoms with Gasteiger partial charge in [-0.2, -0.15) is 0 Å². The molecule has 36 aromatic rings. The van der Waals surface area contributed by atoms with Gasteiger partial charge in [-0.05, 0) is 174 Å². The van der Waals surface area contributed by atoms with E-state index >= 15 is 0 Å². The van der Waals surface area contributed by atoms with E-state index in [9.17, 15) is 0 Å². The fourth-order valence-corrected chi connectivity index (χ4v) is 26.5. The first-order valence-corrected chi connectivity index (χ1v) is 50.4. The van der Waals surface area contributed by atoms with Crippen LogP contribution in [-0.4, -0.2) is 55.6 Å². The first-order valence-electron chi connectivity index (χ1n) is 50.4. The second kappa shape index (κ2) is 29.4. The van der Waals surface area contributed by atoms with Crippen molar-refractivity contribution < 1.29 is 0 Å². The molecule has 0 bridgehead atoms. The molecule has 12 nitrogen and oxygen atoms in total. The van der Waals surface area contributed by atoms with Gasteiger partial charge in [0.15, 0.2) is 0 Å². The van der Waals surface area contributed by atoms with Crippen molar-refractivity contribution in [2.75, 3.05) is 0 Å². The summed E-state index contributed by atoms with van der Waals surface area (Å²) < 4.78 is 22.0. The molecule has 0 saturated carbocycles. The summed E-state index contributed by atoms with van der Waals surface area (Å²) in [5.41, 5.74) is 31.0. The zero-order chi connectivity index (χ0) is 95.4. The van der Waals surface area contributed by atoms with Crippen LogP contribution in [0.2, 0.25) is 0 Å². The summed E-state index contributed by atoms with van der Waals surface area (Å²) in [4.78, 5) is 14.7. The third-order valence-corrected chi connectivity index (χ3v) is 32.3. The highest BCUT2D eigenvalue weighted by molar-refractivity contribution is 6.40. The van der Waals surface area contributed by atoms with E-state index in [0.29, 0.717) is 0 Å². The number of nitrogens with zero attached hydrogens (tertiary/aromatic N) is 12. The van der Waals surface area contributed by atoms with Gasteiger partial charge in [0.05, 0.1) is 123 Å². The van der Waals surface area contributed by atoms with E-state index in [2.05, 4.69) is 495 Å². The molecule has 0 aliphatic heterocycles. The minimum Gasteiger partial charge on any atom is -0.309 e. The van der Waals surface area contributed by atoms with Crippen LogP contribution in [0.15, 0.2) is 474 Å². The molecular weight excluding hydrogens is 1790 g/mol. The van der Waals surface area contributed by atoms with Crippen LogP contribution in [0.4, 0.5) is 0 Å². The molecular formula is C135H78N12. The Balaban J connectivity index is 0.0000000945. The molecule has 15 heterocycles. The van der Waals surface area contributed by atoms with Gasteiger partial charge < -0.3 is 31.5 Å². The van der Waals surface area contributed by atoms with Crippen LogP contribution >= 0.6 is 0 Å².